The number of rotatable bonds is 4. The van der Waals surface area contributed by atoms with E-state index in [1.165, 1.54) is 12.1 Å². The smallest absolute Gasteiger partial charge is 0.123 e. The Labute approximate surface area is 129 Å². The number of ether oxygens (including phenoxy) is 1. The maximum Gasteiger partial charge on any atom is 0.123 e. The monoisotopic (exact) mass is 293 g/mol. The Balaban J connectivity index is 1.78. The van der Waals surface area contributed by atoms with Crippen LogP contribution in [0.4, 0.5) is 15.8 Å². The van der Waals surface area contributed by atoms with Crippen LogP contribution in [0.2, 0.25) is 0 Å². The minimum absolute atomic E-state index is 0.237. The van der Waals surface area contributed by atoms with E-state index < -0.39 is 0 Å². The molecule has 0 bridgehead atoms. The van der Waals surface area contributed by atoms with E-state index in [-0.39, 0.29) is 5.82 Å². The zero-order chi connectivity index (χ0) is 15.4. The Hall–Kier alpha value is -2.81. The Morgan fingerprint density at radius 3 is 2.05 bits per heavy atom. The zero-order valence-corrected chi connectivity index (χ0v) is 12.2. The van der Waals surface area contributed by atoms with Crippen molar-refractivity contribution in [2.45, 2.75) is 0 Å². The molecule has 0 aliphatic heterocycles. The van der Waals surface area contributed by atoms with Crippen molar-refractivity contribution in [3.05, 3.63) is 78.6 Å². The van der Waals surface area contributed by atoms with Crippen molar-refractivity contribution in [1.82, 2.24) is 0 Å². The number of halogens is 1. The maximum absolute atomic E-state index is 12.9. The molecule has 0 aliphatic carbocycles. The van der Waals surface area contributed by atoms with E-state index in [1.54, 1.807) is 19.2 Å². The molecule has 3 heteroatoms. The molecule has 0 spiro atoms. The van der Waals surface area contributed by atoms with Crippen molar-refractivity contribution in [2.24, 2.45) is 0 Å². The fourth-order valence-electron chi connectivity index (χ4n) is 2.25. The molecule has 0 heterocycles. The molecule has 0 fully saturated rings. The molecule has 110 valence electrons. The summed E-state index contributed by atoms with van der Waals surface area (Å²) in [6.07, 6.45) is 0. The van der Waals surface area contributed by atoms with Crippen LogP contribution in [0, 0.1) is 5.82 Å². The maximum atomic E-state index is 12.9. The first-order valence-corrected chi connectivity index (χ1v) is 7.02. The van der Waals surface area contributed by atoms with Gasteiger partial charge in [0.25, 0.3) is 0 Å². The summed E-state index contributed by atoms with van der Waals surface area (Å²) in [5.74, 6) is 0.602. The largest absolute Gasteiger partial charge is 0.497 e. The molecule has 3 aromatic rings. The molecule has 3 aromatic carbocycles. The van der Waals surface area contributed by atoms with Crippen LogP contribution in [0.5, 0.6) is 5.75 Å². The SMILES string of the molecule is COc1cccc(-c2ccc(Nc3ccc(F)cc3)cc2)c1. The summed E-state index contributed by atoms with van der Waals surface area (Å²) < 4.78 is 18.1. The van der Waals surface area contributed by atoms with Crippen molar-refractivity contribution < 1.29 is 9.13 Å². The van der Waals surface area contributed by atoms with Gasteiger partial charge in [-0.05, 0) is 59.7 Å². The highest BCUT2D eigenvalue weighted by Gasteiger charge is 2.01. The fourth-order valence-corrected chi connectivity index (χ4v) is 2.25. The molecule has 22 heavy (non-hydrogen) atoms. The van der Waals surface area contributed by atoms with E-state index in [9.17, 15) is 4.39 Å². The van der Waals surface area contributed by atoms with Gasteiger partial charge in [0.15, 0.2) is 0 Å². The van der Waals surface area contributed by atoms with Gasteiger partial charge in [-0.1, -0.05) is 24.3 Å². The highest BCUT2D eigenvalue weighted by Crippen LogP contribution is 2.26. The summed E-state index contributed by atoms with van der Waals surface area (Å²) in [7, 11) is 1.66. The van der Waals surface area contributed by atoms with Crippen LogP contribution in [-0.4, -0.2) is 7.11 Å². The lowest BCUT2D eigenvalue weighted by atomic mass is 10.1. The number of nitrogens with one attached hydrogen (secondary N) is 1. The van der Waals surface area contributed by atoms with Gasteiger partial charge in [0.1, 0.15) is 11.6 Å². The molecule has 3 rings (SSSR count). The zero-order valence-electron chi connectivity index (χ0n) is 12.2. The van der Waals surface area contributed by atoms with Crippen LogP contribution < -0.4 is 10.1 Å². The van der Waals surface area contributed by atoms with Crippen molar-refractivity contribution in [1.29, 1.82) is 0 Å². The van der Waals surface area contributed by atoms with Gasteiger partial charge in [-0.15, -0.1) is 0 Å². The van der Waals surface area contributed by atoms with Gasteiger partial charge in [-0.25, -0.2) is 4.39 Å². The van der Waals surface area contributed by atoms with E-state index >= 15 is 0 Å². The first-order valence-electron chi connectivity index (χ1n) is 7.02. The Morgan fingerprint density at radius 1 is 0.773 bits per heavy atom. The molecule has 0 saturated carbocycles. The number of hydrogen-bond acceptors (Lipinski definition) is 2. The quantitative estimate of drug-likeness (QED) is 0.709. The summed E-state index contributed by atoms with van der Waals surface area (Å²) in [5.41, 5.74) is 4.03. The lowest BCUT2D eigenvalue weighted by Crippen LogP contribution is -1.90. The fraction of sp³-hybridized carbons (Fsp3) is 0.0526. The second-order valence-corrected chi connectivity index (χ2v) is 4.94. The third-order valence-corrected chi connectivity index (χ3v) is 3.42. The summed E-state index contributed by atoms with van der Waals surface area (Å²) in [5, 5.41) is 3.24. The van der Waals surface area contributed by atoms with Gasteiger partial charge in [0.05, 0.1) is 7.11 Å². The Morgan fingerprint density at radius 2 is 1.41 bits per heavy atom. The standard InChI is InChI=1S/C19H16FNO/c1-22-19-4-2-3-15(13-19)14-5-9-17(10-6-14)21-18-11-7-16(20)8-12-18/h2-13,21H,1H3. The number of methoxy groups -OCH3 is 1. The Kier molecular flexibility index (Phi) is 4.05. The summed E-state index contributed by atoms with van der Waals surface area (Å²) >= 11 is 0. The average Bonchev–Trinajstić information content (AvgIpc) is 2.58. The van der Waals surface area contributed by atoms with Crippen molar-refractivity contribution in [2.75, 3.05) is 12.4 Å². The topological polar surface area (TPSA) is 21.3 Å². The summed E-state index contributed by atoms with van der Waals surface area (Å²) in [4.78, 5) is 0. The number of benzene rings is 3. The van der Waals surface area contributed by atoms with Crippen LogP contribution in [0.1, 0.15) is 0 Å². The first-order chi connectivity index (χ1) is 10.7. The third-order valence-electron chi connectivity index (χ3n) is 3.42. The van der Waals surface area contributed by atoms with E-state index in [0.717, 1.165) is 28.3 Å². The molecule has 0 aliphatic rings. The molecule has 0 atom stereocenters. The van der Waals surface area contributed by atoms with Gasteiger partial charge in [-0.2, -0.15) is 0 Å². The van der Waals surface area contributed by atoms with Crippen molar-refractivity contribution in [3.8, 4) is 16.9 Å². The third kappa shape index (κ3) is 3.26. The average molecular weight is 293 g/mol. The van der Waals surface area contributed by atoms with E-state index in [4.69, 9.17) is 4.74 Å². The van der Waals surface area contributed by atoms with Gasteiger partial charge in [0.2, 0.25) is 0 Å². The lowest BCUT2D eigenvalue weighted by molar-refractivity contribution is 0.415. The van der Waals surface area contributed by atoms with Gasteiger partial charge >= 0.3 is 0 Å². The van der Waals surface area contributed by atoms with E-state index in [0.29, 0.717) is 0 Å². The molecule has 0 aromatic heterocycles. The molecule has 0 radical (unpaired) electrons. The predicted molar refractivity (Wildman–Crippen MR) is 88.1 cm³/mol. The van der Waals surface area contributed by atoms with Crippen LogP contribution in [0.25, 0.3) is 11.1 Å². The second kappa shape index (κ2) is 6.31. The molecule has 1 N–H and O–H groups in total. The molecule has 0 amide bonds. The molecular formula is C19H16FNO. The van der Waals surface area contributed by atoms with Gasteiger partial charge < -0.3 is 10.1 Å². The normalized spacial score (nSPS) is 10.3. The van der Waals surface area contributed by atoms with Crippen LogP contribution in [-0.2, 0) is 0 Å². The van der Waals surface area contributed by atoms with Gasteiger partial charge in [-0.3, -0.25) is 0 Å². The van der Waals surface area contributed by atoms with Gasteiger partial charge in [0, 0.05) is 11.4 Å². The molecule has 0 unspecified atom stereocenters. The van der Waals surface area contributed by atoms with E-state index in [2.05, 4.69) is 5.32 Å². The van der Waals surface area contributed by atoms with Crippen molar-refractivity contribution >= 4 is 11.4 Å². The number of hydrogen-bond donors (Lipinski definition) is 1. The lowest BCUT2D eigenvalue weighted by Gasteiger charge is -2.08. The minimum atomic E-state index is -0.237. The first kappa shape index (κ1) is 14.1. The van der Waals surface area contributed by atoms with Crippen LogP contribution >= 0.6 is 0 Å². The highest BCUT2D eigenvalue weighted by molar-refractivity contribution is 5.69. The summed E-state index contributed by atoms with van der Waals surface area (Å²) in [6.45, 7) is 0. The highest BCUT2D eigenvalue weighted by atomic mass is 19.1. The molecular weight excluding hydrogens is 277 g/mol. The Bertz CT molecular complexity index is 751. The second-order valence-electron chi connectivity index (χ2n) is 4.94. The molecule has 0 saturated heterocycles. The van der Waals surface area contributed by atoms with E-state index in [1.807, 2.05) is 48.5 Å². The minimum Gasteiger partial charge on any atom is -0.497 e. The van der Waals surface area contributed by atoms with Crippen LogP contribution in [0.3, 0.4) is 0 Å². The van der Waals surface area contributed by atoms with Crippen LogP contribution in [0.15, 0.2) is 72.8 Å². The molecule has 2 nitrogen and oxygen atoms in total. The predicted octanol–water partition coefficient (Wildman–Crippen LogP) is 5.24. The summed E-state index contributed by atoms with van der Waals surface area (Å²) in [6, 6.07) is 22.3. The number of anilines is 2. The van der Waals surface area contributed by atoms with Crippen molar-refractivity contribution in [3.63, 3.8) is 0 Å².